The zero-order valence-corrected chi connectivity index (χ0v) is 15.9. The van der Waals surface area contributed by atoms with E-state index in [-0.39, 0.29) is 0 Å². The maximum Gasteiger partial charge on any atom is 0.413 e. The molecule has 22 heavy (non-hydrogen) atoms. The number of thiazole rings is 1. The molecule has 0 bridgehead atoms. The highest BCUT2D eigenvalue weighted by Crippen LogP contribution is 2.45. The van der Waals surface area contributed by atoms with Gasteiger partial charge in [0, 0.05) is 0 Å². The predicted molar refractivity (Wildman–Crippen MR) is 98.1 cm³/mol. The summed E-state index contributed by atoms with van der Waals surface area (Å²) in [6, 6.07) is 0. The van der Waals surface area contributed by atoms with Crippen molar-refractivity contribution in [2.24, 2.45) is 0 Å². The lowest BCUT2D eigenvalue weighted by Crippen LogP contribution is -2.27. The standard InChI is InChI=1S/C16H26N2O2S2/c1-7-22(8-2,9-3)11-10-13-14(17-12-21-13)18-15(19)20-16(4,5)6/h12H,7-9H2,1-6H3,(H,18,19). The summed E-state index contributed by atoms with van der Waals surface area (Å²) in [6.07, 6.45) is -0.499. The summed E-state index contributed by atoms with van der Waals surface area (Å²) in [6.45, 7) is 12.1. The molecule has 0 fully saturated rings. The van der Waals surface area contributed by atoms with Gasteiger partial charge in [0.05, 0.1) is 5.51 Å². The van der Waals surface area contributed by atoms with E-state index >= 15 is 0 Å². The van der Waals surface area contributed by atoms with Gasteiger partial charge in [0.25, 0.3) is 0 Å². The second kappa shape index (κ2) is 7.89. The van der Waals surface area contributed by atoms with Crippen molar-refractivity contribution in [2.75, 3.05) is 22.6 Å². The van der Waals surface area contributed by atoms with Crippen LogP contribution in [0.4, 0.5) is 10.6 Å². The minimum absolute atomic E-state index is 0.489. The van der Waals surface area contributed by atoms with Gasteiger partial charge in [-0.15, -0.1) is 11.3 Å². The average Bonchev–Trinajstić information content (AvgIpc) is 2.86. The normalized spacial score (nSPS) is 12.3. The van der Waals surface area contributed by atoms with Gasteiger partial charge >= 0.3 is 6.09 Å². The van der Waals surface area contributed by atoms with E-state index in [0.29, 0.717) is 5.82 Å². The van der Waals surface area contributed by atoms with Gasteiger partial charge in [-0.05, 0) is 49.2 Å². The lowest BCUT2D eigenvalue weighted by atomic mass is 10.2. The molecule has 0 spiro atoms. The van der Waals surface area contributed by atoms with Crippen LogP contribution in [0.3, 0.4) is 0 Å². The second-order valence-electron chi connectivity index (χ2n) is 5.80. The first kappa shape index (κ1) is 18.9. The van der Waals surface area contributed by atoms with Crippen molar-refractivity contribution >= 4 is 33.3 Å². The molecule has 0 aliphatic carbocycles. The first-order valence-corrected chi connectivity index (χ1v) is 10.5. The lowest BCUT2D eigenvalue weighted by molar-refractivity contribution is 0.0635. The van der Waals surface area contributed by atoms with Gasteiger partial charge in [-0.1, -0.05) is 20.8 Å². The van der Waals surface area contributed by atoms with Gasteiger partial charge in [0.2, 0.25) is 0 Å². The van der Waals surface area contributed by atoms with Crippen molar-refractivity contribution < 1.29 is 9.53 Å². The Balaban J connectivity index is 2.89. The third kappa shape index (κ3) is 5.54. The Morgan fingerprint density at radius 1 is 1.32 bits per heavy atom. The minimum Gasteiger partial charge on any atom is -0.444 e. The van der Waals surface area contributed by atoms with Crippen LogP contribution in [0.5, 0.6) is 0 Å². The molecule has 0 saturated heterocycles. The van der Waals surface area contributed by atoms with Crippen LogP contribution in [-0.4, -0.2) is 33.9 Å². The van der Waals surface area contributed by atoms with Crippen LogP contribution in [0.1, 0.15) is 46.4 Å². The lowest BCUT2D eigenvalue weighted by Gasteiger charge is -2.30. The molecule has 0 aromatic carbocycles. The number of hydrogen-bond donors (Lipinski definition) is 1. The van der Waals surface area contributed by atoms with Crippen molar-refractivity contribution in [1.29, 1.82) is 0 Å². The van der Waals surface area contributed by atoms with Crippen LogP contribution in [0.2, 0.25) is 0 Å². The Labute approximate surface area is 139 Å². The maximum absolute atomic E-state index is 11.8. The molecule has 0 atom stereocenters. The van der Waals surface area contributed by atoms with E-state index in [9.17, 15) is 4.79 Å². The quantitative estimate of drug-likeness (QED) is 0.809. The molecule has 4 nitrogen and oxygen atoms in total. The van der Waals surface area contributed by atoms with Crippen molar-refractivity contribution in [3.63, 3.8) is 0 Å². The SMILES string of the molecule is CCS(C#Cc1scnc1NC(=O)OC(C)(C)C)(CC)CC. The van der Waals surface area contributed by atoms with Crippen molar-refractivity contribution in [3.05, 3.63) is 10.4 Å². The first-order chi connectivity index (χ1) is 10.2. The molecule has 1 heterocycles. The fourth-order valence-electron chi connectivity index (χ4n) is 1.81. The Morgan fingerprint density at radius 2 is 1.91 bits per heavy atom. The molecule has 0 aliphatic rings. The molecule has 0 radical (unpaired) electrons. The molecule has 1 amide bonds. The summed E-state index contributed by atoms with van der Waals surface area (Å²) < 4.78 is 5.25. The molecule has 1 aromatic rings. The predicted octanol–water partition coefficient (Wildman–Crippen LogP) is 4.66. The van der Waals surface area contributed by atoms with Gasteiger partial charge in [0.1, 0.15) is 10.5 Å². The van der Waals surface area contributed by atoms with Crippen molar-refractivity contribution in [1.82, 2.24) is 4.98 Å². The summed E-state index contributed by atoms with van der Waals surface area (Å²) in [4.78, 5) is 16.8. The molecule has 6 heteroatoms. The summed E-state index contributed by atoms with van der Waals surface area (Å²) in [5.74, 6) is 7.01. The van der Waals surface area contributed by atoms with E-state index < -0.39 is 21.7 Å². The molecule has 1 aromatic heterocycles. The summed E-state index contributed by atoms with van der Waals surface area (Å²) >= 11 is 1.44. The number of ether oxygens (including phenoxy) is 1. The van der Waals surface area contributed by atoms with Crippen LogP contribution in [0.15, 0.2) is 5.51 Å². The average molecular weight is 343 g/mol. The zero-order valence-electron chi connectivity index (χ0n) is 14.3. The third-order valence-corrected chi connectivity index (χ3v) is 7.82. The number of rotatable bonds is 4. The summed E-state index contributed by atoms with van der Waals surface area (Å²) in [7, 11) is -0.887. The van der Waals surface area contributed by atoms with Crippen LogP contribution < -0.4 is 5.32 Å². The number of carbonyl (C=O) groups is 1. The highest BCUT2D eigenvalue weighted by Gasteiger charge is 2.18. The van der Waals surface area contributed by atoms with E-state index in [0.717, 1.165) is 22.1 Å². The van der Waals surface area contributed by atoms with Gasteiger partial charge < -0.3 is 4.74 Å². The number of hydrogen-bond acceptors (Lipinski definition) is 4. The molecule has 0 aliphatic heterocycles. The smallest absolute Gasteiger partial charge is 0.413 e. The monoisotopic (exact) mass is 342 g/mol. The Bertz CT molecular complexity index is 552. The van der Waals surface area contributed by atoms with Gasteiger partial charge in [-0.2, -0.15) is 10.0 Å². The van der Waals surface area contributed by atoms with E-state index in [1.54, 1.807) is 5.51 Å². The van der Waals surface area contributed by atoms with Crippen LogP contribution in [0.25, 0.3) is 0 Å². The van der Waals surface area contributed by atoms with Gasteiger partial charge in [0.15, 0.2) is 5.82 Å². The maximum atomic E-state index is 11.8. The molecule has 1 rings (SSSR count). The minimum atomic E-state index is -0.887. The van der Waals surface area contributed by atoms with E-state index in [2.05, 4.69) is 42.2 Å². The highest BCUT2D eigenvalue weighted by atomic mass is 32.3. The first-order valence-electron chi connectivity index (χ1n) is 7.48. The highest BCUT2D eigenvalue weighted by molar-refractivity contribution is 8.37. The van der Waals surface area contributed by atoms with E-state index in [1.807, 2.05) is 20.8 Å². The Kier molecular flexibility index (Phi) is 6.76. The Hall–Kier alpha value is -1.19. The number of aromatic nitrogens is 1. The fourth-order valence-corrected chi connectivity index (χ4v) is 4.44. The number of nitrogens with zero attached hydrogens (tertiary/aromatic N) is 1. The second-order valence-corrected chi connectivity index (χ2v) is 10.7. The zero-order chi connectivity index (χ0) is 16.8. The number of amides is 1. The number of carbonyl (C=O) groups excluding carboxylic acids is 1. The molecule has 124 valence electrons. The number of nitrogens with one attached hydrogen (secondary N) is 1. The fraction of sp³-hybridized carbons (Fsp3) is 0.625. The van der Waals surface area contributed by atoms with Gasteiger partial charge in [-0.3, -0.25) is 5.32 Å². The van der Waals surface area contributed by atoms with E-state index in [4.69, 9.17) is 4.74 Å². The van der Waals surface area contributed by atoms with Crippen LogP contribution in [0, 0.1) is 11.2 Å². The van der Waals surface area contributed by atoms with E-state index in [1.165, 1.54) is 11.3 Å². The molecule has 0 saturated carbocycles. The summed E-state index contributed by atoms with van der Waals surface area (Å²) in [5.41, 5.74) is 1.16. The third-order valence-electron chi connectivity index (χ3n) is 3.23. The largest absolute Gasteiger partial charge is 0.444 e. The van der Waals surface area contributed by atoms with Crippen LogP contribution in [-0.2, 0) is 4.74 Å². The Morgan fingerprint density at radius 3 is 2.41 bits per heavy atom. The van der Waals surface area contributed by atoms with Gasteiger partial charge in [-0.25, -0.2) is 9.78 Å². The molecular formula is C16H26N2O2S2. The number of anilines is 1. The summed E-state index contributed by atoms with van der Waals surface area (Å²) in [5, 5.41) is 6.14. The molecule has 0 unspecified atom stereocenters. The molecular weight excluding hydrogens is 316 g/mol. The molecule has 1 N–H and O–H groups in total. The van der Waals surface area contributed by atoms with Crippen molar-refractivity contribution in [2.45, 2.75) is 47.1 Å². The van der Waals surface area contributed by atoms with Crippen molar-refractivity contribution in [3.8, 4) is 11.2 Å². The topological polar surface area (TPSA) is 51.2 Å². The van der Waals surface area contributed by atoms with Crippen LogP contribution >= 0.6 is 21.4 Å².